The van der Waals surface area contributed by atoms with E-state index >= 15 is 0 Å². The Bertz CT molecular complexity index is 3380. The molecule has 0 bridgehead atoms. The Balaban J connectivity index is 1.10. The molecule has 1 aliphatic carbocycles. The highest BCUT2D eigenvalue weighted by atomic mass is 32.1. The van der Waals surface area contributed by atoms with Crippen LogP contribution < -0.4 is 0 Å². The van der Waals surface area contributed by atoms with E-state index in [1.54, 1.807) is 0 Å². The van der Waals surface area contributed by atoms with Gasteiger partial charge in [0.05, 0.1) is 0 Å². The molecule has 1 aliphatic rings. The van der Waals surface area contributed by atoms with Crippen molar-refractivity contribution < 1.29 is 0 Å². The van der Waals surface area contributed by atoms with Crippen molar-refractivity contribution in [1.29, 1.82) is 0 Å². The standard InChI is InChI=1S/C55H36S/c1-55(2)47-29-25-35(32-46(47)52-48(55)30-31-49-53(52)45-26-24-33-14-6-7-17-37(33)54(45)56-49)36-27-28-44(39-19-9-8-18-38(36)39)51-42-22-12-10-20-40(42)50(34-15-4-3-5-16-34)41-21-11-13-23-43(41)51/h3-32H,1-2H3. The summed E-state index contributed by atoms with van der Waals surface area (Å²) < 4.78 is 2.74. The second-order valence-corrected chi connectivity index (χ2v) is 17.0. The Morgan fingerprint density at radius 2 is 0.929 bits per heavy atom. The highest BCUT2D eigenvalue weighted by molar-refractivity contribution is 7.26. The first-order chi connectivity index (χ1) is 27.6. The summed E-state index contributed by atoms with van der Waals surface area (Å²) in [4.78, 5) is 0. The lowest BCUT2D eigenvalue weighted by Gasteiger charge is -2.22. The summed E-state index contributed by atoms with van der Waals surface area (Å²) in [7, 11) is 0. The predicted molar refractivity (Wildman–Crippen MR) is 243 cm³/mol. The highest BCUT2D eigenvalue weighted by Gasteiger charge is 2.37. The van der Waals surface area contributed by atoms with Crippen molar-refractivity contribution in [1.82, 2.24) is 0 Å². The maximum absolute atomic E-state index is 2.49. The van der Waals surface area contributed by atoms with Gasteiger partial charge < -0.3 is 0 Å². The van der Waals surface area contributed by atoms with E-state index in [9.17, 15) is 0 Å². The molecular formula is C55H36S. The Morgan fingerprint density at radius 1 is 0.357 bits per heavy atom. The van der Waals surface area contributed by atoms with Gasteiger partial charge in [0.25, 0.3) is 0 Å². The fraction of sp³-hybridized carbons (Fsp3) is 0.0545. The van der Waals surface area contributed by atoms with E-state index in [0.29, 0.717) is 0 Å². The van der Waals surface area contributed by atoms with E-state index in [1.807, 2.05) is 11.3 Å². The molecule has 262 valence electrons. The SMILES string of the molecule is CC1(C)c2ccc(-c3ccc(-c4c5ccccc5c(-c5ccccc5)c5ccccc45)c4ccccc34)cc2-c2c1ccc1sc3c4ccccc4ccc3c21. The molecule has 0 amide bonds. The molecule has 0 saturated carbocycles. The molecule has 12 rings (SSSR count). The normalized spacial score (nSPS) is 13.3. The molecule has 10 aromatic carbocycles. The first kappa shape index (κ1) is 31.8. The van der Waals surface area contributed by atoms with Crippen LogP contribution in [-0.4, -0.2) is 0 Å². The number of thiophene rings is 1. The van der Waals surface area contributed by atoms with Gasteiger partial charge in [0.2, 0.25) is 0 Å². The minimum Gasteiger partial charge on any atom is -0.135 e. The largest absolute Gasteiger partial charge is 0.135 e. The zero-order chi connectivity index (χ0) is 37.1. The summed E-state index contributed by atoms with van der Waals surface area (Å²) in [6.07, 6.45) is 0. The first-order valence-corrected chi connectivity index (χ1v) is 20.4. The smallest absolute Gasteiger partial charge is 0.0434 e. The lowest BCUT2D eigenvalue weighted by atomic mass is 9.81. The molecule has 1 heterocycles. The Hall–Kier alpha value is -6.54. The van der Waals surface area contributed by atoms with Crippen LogP contribution in [0.3, 0.4) is 0 Å². The molecule has 0 atom stereocenters. The van der Waals surface area contributed by atoms with Crippen LogP contribution in [0.15, 0.2) is 182 Å². The van der Waals surface area contributed by atoms with Gasteiger partial charge in [-0.2, -0.15) is 0 Å². The zero-order valence-electron chi connectivity index (χ0n) is 31.2. The molecule has 11 aromatic rings. The molecule has 1 aromatic heterocycles. The van der Waals surface area contributed by atoms with Gasteiger partial charge >= 0.3 is 0 Å². The van der Waals surface area contributed by atoms with Gasteiger partial charge in [-0.1, -0.05) is 184 Å². The van der Waals surface area contributed by atoms with Crippen molar-refractivity contribution >= 4 is 74.6 Å². The number of fused-ring (bicyclic) bond motifs is 12. The minimum atomic E-state index is -0.0948. The van der Waals surface area contributed by atoms with E-state index in [0.717, 1.165) is 0 Å². The summed E-state index contributed by atoms with van der Waals surface area (Å²) in [5, 5.41) is 13.1. The zero-order valence-corrected chi connectivity index (χ0v) is 32.0. The van der Waals surface area contributed by atoms with Crippen molar-refractivity contribution in [3.63, 3.8) is 0 Å². The van der Waals surface area contributed by atoms with Gasteiger partial charge in [0.1, 0.15) is 0 Å². The summed E-state index contributed by atoms with van der Waals surface area (Å²) in [5.41, 5.74) is 13.1. The van der Waals surface area contributed by atoms with Crippen LogP contribution >= 0.6 is 11.3 Å². The van der Waals surface area contributed by atoms with Crippen LogP contribution in [0, 0.1) is 0 Å². The average molecular weight is 729 g/mol. The van der Waals surface area contributed by atoms with Gasteiger partial charge in [0, 0.05) is 25.6 Å². The van der Waals surface area contributed by atoms with E-state index in [1.165, 1.54) is 119 Å². The Labute approximate surface area is 329 Å². The predicted octanol–water partition coefficient (Wildman–Crippen LogP) is 16.0. The molecule has 0 nitrogen and oxygen atoms in total. The van der Waals surface area contributed by atoms with Crippen molar-refractivity contribution in [2.75, 3.05) is 0 Å². The van der Waals surface area contributed by atoms with Gasteiger partial charge in [-0.25, -0.2) is 0 Å². The van der Waals surface area contributed by atoms with Crippen LogP contribution in [0.25, 0.3) is 108 Å². The third-order valence-corrected chi connectivity index (χ3v) is 13.9. The third kappa shape index (κ3) is 4.35. The topological polar surface area (TPSA) is 0 Å². The second-order valence-electron chi connectivity index (χ2n) is 15.9. The van der Waals surface area contributed by atoms with E-state index in [-0.39, 0.29) is 5.41 Å². The minimum absolute atomic E-state index is 0.0948. The van der Waals surface area contributed by atoms with Gasteiger partial charge in [0.15, 0.2) is 0 Å². The van der Waals surface area contributed by atoms with E-state index < -0.39 is 0 Å². The van der Waals surface area contributed by atoms with Crippen LogP contribution in [0.5, 0.6) is 0 Å². The summed E-state index contributed by atoms with van der Waals surface area (Å²) in [5.74, 6) is 0. The van der Waals surface area contributed by atoms with Crippen LogP contribution in [0.2, 0.25) is 0 Å². The molecule has 0 aliphatic heterocycles. The summed E-state index contributed by atoms with van der Waals surface area (Å²) in [6.45, 7) is 4.80. The van der Waals surface area contributed by atoms with Crippen LogP contribution in [-0.2, 0) is 5.41 Å². The fourth-order valence-corrected chi connectivity index (χ4v) is 11.4. The summed E-state index contributed by atoms with van der Waals surface area (Å²) >= 11 is 1.93. The van der Waals surface area contributed by atoms with Crippen LogP contribution in [0.1, 0.15) is 25.0 Å². The third-order valence-electron chi connectivity index (χ3n) is 12.7. The Kier molecular flexibility index (Phi) is 6.66. The van der Waals surface area contributed by atoms with Gasteiger partial charge in [-0.3, -0.25) is 0 Å². The summed E-state index contributed by atoms with van der Waals surface area (Å²) in [6, 6.07) is 68.1. The van der Waals surface area contributed by atoms with Crippen LogP contribution in [0.4, 0.5) is 0 Å². The second kappa shape index (κ2) is 11.7. The molecule has 0 N–H and O–H groups in total. The quantitative estimate of drug-likeness (QED) is 0.159. The maximum Gasteiger partial charge on any atom is 0.0434 e. The molecule has 0 radical (unpaired) electrons. The number of benzene rings is 10. The van der Waals surface area contributed by atoms with Gasteiger partial charge in [-0.15, -0.1) is 11.3 Å². The molecule has 56 heavy (non-hydrogen) atoms. The molecule has 0 unspecified atom stereocenters. The van der Waals surface area contributed by atoms with Crippen molar-refractivity contribution in [3.05, 3.63) is 193 Å². The van der Waals surface area contributed by atoms with Crippen molar-refractivity contribution in [2.45, 2.75) is 19.3 Å². The van der Waals surface area contributed by atoms with E-state index in [4.69, 9.17) is 0 Å². The monoisotopic (exact) mass is 728 g/mol. The maximum atomic E-state index is 2.49. The number of rotatable bonds is 3. The fourth-order valence-electron chi connectivity index (χ4n) is 10.1. The lowest BCUT2D eigenvalue weighted by Crippen LogP contribution is -2.14. The highest BCUT2D eigenvalue weighted by Crippen LogP contribution is 2.55. The molecule has 0 saturated heterocycles. The van der Waals surface area contributed by atoms with Gasteiger partial charge in [-0.05, 0) is 111 Å². The van der Waals surface area contributed by atoms with E-state index in [2.05, 4.69) is 196 Å². The molecule has 0 spiro atoms. The number of hydrogen-bond donors (Lipinski definition) is 0. The first-order valence-electron chi connectivity index (χ1n) is 19.6. The van der Waals surface area contributed by atoms with Crippen molar-refractivity contribution in [2.24, 2.45) is 0 Å². The average Bonchev–Trinajstić information content (AvgIpc) is 3.74. The number of hydrogen-bond acceptors (Lipinski definition) is 1. The van der Waals surface area contributed by atoms with Crippen molar-refractivity contribution in [3.8, 4) is 44.5 Å². The molecular weight excluding hydrogens is 693 g/mol. The Morgan fingerprint density at radius 3 is 1.64 bits per heavy atom. The lowest BCUT2D eigenvalue weighted by molar-refractivity contribution is 0.661. The molecule has 0 fully saturated rings. The molecule has 1 heteroatoms.